The summed E-state index contributed by atoms with van der Waals surface area (Å²) >= 11 is 0. The molecular weight excluding hydrogens is 314 g/mol. The Bertz CT molecular complexity index is 899. The first kappa shape index (κ1) is 17.0. The highest BCUT2D eigenvalue weighted by molar-refractivity contribution is 5.84. The minimum absolute atomic E-state index is 0.350. The highest BCUT2D eigenvalue weighted by atomic mass is 16.3. The maximum Gasteiger partial charge on any atom is 0.199 e. The Morgan fingerprint density at radius 3 is 2.72 bits per heavy atom. The van der Waals surface area contributed by atoms with Gasteiger partial charge in [0.1, 0.15) is 0 Å². The standard InChI is InChI=1S/C19H23N5O/c1-3-5-7-8-11-15-21-16-17(20)22-18(14-10-9-13-25-14)23-19(16)24(15)12-6-4-2/h9-10,13H,3-7,12H2,1-2H3,(H2,20,22,23). The van der Waals surface area contributed by atoms with Gasteiger partial charge in [-0.1, -0.05) is 32.6 Å². The molecule has 0 aliphatic carbocycles. The highest BCUT2D eigenvalue weighted by Crippen LogP contribution is 2.24. The zero-order chi connectivity index (χ0) is 17.6. The molecule has 0 unspecified atom stereocenters. The molecule has 0 fully saturated rings. The van der Waals surface area contributed by atoms with E-state index in [1.807, 2.05) is 10.6 Å². The van der Waals surface area contributed by atoms with Crippen LogP contribution in [0, 0.1) is 11.8 Å². The van der Waals surface area contributed by atoms with Crippen molar-refractivity contribution in [2.45, 2.75) is 52.5 Å². The molecule has 3 aromatic rings. The van der Waals surface area contributed by atoms with Crippen LogP contribution in [0.3, 0.4) is 0 Å². The zero-order valence-corrected chi connectivity index (χ0v) is 14.7. The number of aromatic nitrogens is 4. The number of furan rings is 1. The monoisotopic (exact) mass is 337 g/mol. The quantitative estimate of drug-likeness (QED) is 0.543. The Hall–Kier alpha value is -2.81. The molecule has 0 aliphatic heterocycles. The van der Waals surface area contributed by atoms with Crippen molar-refractivity contribution in [2.75, 3.05) is 5.73 Å². The number of nitrogens with zero attached hydrogens (tertiary/aromatic N) is 4. The first-order valence-corrected chi connectivity index (χ1v) is 8.81. The lowest BCUT2D eigenvalue weighted by atomic mass is 10.2. The predicted octanol–water partition coefficient (Wildman–Crippen LogP) is 4.01. The van der Waals surface area contributed by atoms with Gasteiger partial charge >= 0.3 is 0 Å². The van der Waals surface area contributed by atoms with Gasteiger partial charge in [0, 0.05) is 13.0 Å². The third kappa shape index (κ3) is 3.66. The molecule has 0 aliphatic rings. The van der Waals surface area contributed by atoms with Crippen LogP contribution in [0.15, 0.2) is 22.8 Å². The van der Waals surface area contributed by atoms with Gasteiger partial charge in [0.05, 0.1) is 6.26 Å². The second kappa shape index (κ2) is 7.84. The Morgan fingerprint density at radius 1 is 1.16 bits per heavy atom. The van der Waals surface area contributed by atoms with E-state index in [4.69, 9.17) is 10.2 Å². The summed E-state index contributed by atoms with van der Waals surface area (Å²) in [4.78, 5) is 13.6. The second-order valence-electron chi connectivity index (χ2n) is 5.93. The van der Waals surface area contributed by atoms with Gasteiger partial charge in [0.2, 0.25) is 0 Å². The second-order valence-corrected chi connectivity index (χ2v) is 5.93. The summed E-state index contributed by atoms with van der Waals surface area (Å²) in [6, 6.07) is 3.62. The van der Waals surface area contributed by atoms with Crippen LogP contribution >= 0.6 is 0 Å². The number of imidazole rings is 1. The van der Waals surface area contributed by atoms with Crippen molar-refractivity contribution < 1.29 is 4.42 Å². The third-order valence-corrected chi connectivity index (χ3v) is 3.95. The molecule has 0 bridgehead atoms. The van der Waals surface area contributed by atoms with E-state index >= 15 is 0 Å². The lowest BCUT2D eigenvalue weighted by Crippen LogP contribution is -2.04. The summed E-state index contributed by atoms with van der Waals surface area (Å²) in [5, 5.41) is 0. The summed E-state index contributed by atoms with van der Waals surface area (Å²) in [5.74, 6) is 8.50. The van der Waals surface area contributed by atoms with Crippen molar-refractivity contribution in [3.8, 4) is 23.4 Å². The summed E-state index contributed by atoms with van der Waals surface area (Å²) in [7, 11) is 0. The van der Waals surface area contributed by atoms with E-state index in [2.05, 4.69) is 40.6 Å². The van der Waals surface area contributed by atoms with Gasteiger partial charge in [-0.05, 0) is 30.9 Å². The first-order chi connectivity index (χ1) is 12.2. The smallest absolute Gasteiger partial charge is 0.199 e. The molecule has 0 radical (unpaired) electrons. The van der Waals surface area contributed by atoms with Crippen LogP contribution in [0.4, 0.5) is 5.82 Å². The van der Waals surface area contributed by atoms with Crippen LogP contribution in [-0.4, -0.2) is 19.5 Å². The van der Waals surface area contributed by atoms with E-state index in [-0.39, 0.29) is 0 Å². The molecule has 25 heavy (non-hydrogen) atoms. The molecule has 6 nitrogen and oxygen atoms in total. The molecular formula is C19H23N5O. The van der Waals surface area contributed by atoms with E-state index in [0.717, 1.165) is 38.6 Å². The van der Waals surface area contributed by atoms with Crippen LogP contribution in [0.25, 0.3) is 22.7 Å². The predicted molar refractivity (Wildman–Crippen MR) is 98.7 cm³/mol. The fourth-order valence-corrected chi connectivity index (χ4v) is 2.57. The van der Waals surface area contributed by atoms with Crippen molar-refractivity contribution in [1.82, 2.24) is 19.5 Å². The summed E-state index contributed by atoms with van der Waals surface area (Å²) in [6.07, 6.45) is 6.78. The number of rotatable bonds is 6. The normalized spacial score (nSPS) is 10.8. The lowest BCUT2D eigenvalue weighted by molar-refractivity contribution is 0.577. The maximum atomic E-state index is 6.13. The number of fused-ring (bicyclic) bond motifs is 1. The number of nitrogens with two attached hydrogens (primary N) is 1. The molecule has 0 spiro atoms. The molecule has 0 atom stereocenters. The van der Waals surface area contributed by atoms with Crippen molar-refractivity contribution >= 4 is 17.0 Å². The minimum atomic E-state index is 0.350. The van der Waals surface area contributed by atoms with E-state index in [9.17, 15) is 0 Å². The SMILES string of the molecule is CCCCC#Cc1nc2c(N)nc(-c3ccco3)nc2n1CCCC. The first-order valence-electron chi connectivity index (χ1n) is 8.81. The molecule has 0 aromatic carbocycles. The average Bonchev–Trinajstić information content (AvgIpc) is 3.25. The van der Waals surface area contributed by atoms with Gasteiger partial charge in [0.25, 0.3) is 0 Å². The molecule has 130 valence electrons. The topological polar surface area (TPSA) is 82.8 Å². The number of aryl methyl sites for hydroxylation is 1. The lowest BCUT2D eigenvalue weighted by Gasteiger charge is -2.05. The molecule has 2 N–H and O–H groups in total. The van der Waals surface area contributed by atoms with E-state index in [1.165, 1.54) is 0 Å². The van der Waals surface area contributed by atoms with Crippen LogP contribution in [0.5, 0.6) is 0 Å². The zero-order valence-electron chi connectivity index (χ0n) is 14.7. The summed E-state index contributed by atoms with van der Waals surface area (Å²) < 4.78 is 7.45. The Labute approximate surface area is 147 Å². The molecule has 3 rings (SSSR count). The molecule has 3 heterocycles. The maximum absolute atomic E-state index is 6.13. The Morgan fingerprint density at radius 2 is 2.00 bits per heavy atom. The van der Waals surface area contributed by atoms with Crippen LogP contribution in [-0.2, 0) is 6.54 Å². The van der Waals surface area contributed by atoms with Crippen molar-refractivity contribution in [3.05, 3.63) is 24.2 Å². The van der Waals surface area contributed by atoms with Crippen LogP contribution < -0.4 is 5.73 Å². The van der Waals surface area contributed by atoms with Gasteiger partial charge in [0.15, 0.2) is 34.4 Å². The molecule has 0 amide bonds. The Kier molecular flexibility index (Phi) is 5.34. The molecule has 3 aromatic heterocycles. The third-order valence-electron chi connectivity index (χ3n) is 3.95. The average molecular weight is 337 g/mol. The largest absolute Gasteiger partial charge is 0.461 e. The highest BCUT2D eigenvalue weighted by Gasteiger charge is 2.17. The van der Waals surface area contributed by atoms with Gasteiger partial charge in [-0.2, -0.15) is 0 Å². The fraction of sp³-hybridized carbons (Fsp3) is 0.421. The summed E-state index contributed by atoms with van der Waals surface area (Å²) in [5.41, 5.74) is 7.45. The number of anilines is 1. The van der Waals surface area contributed by atoms with Gasteiger partial charge < -0.3 is 14.7 Å². The molecule has 6 heteroatoms. The van der Waals surface area contributed by atoms with Crippen molar-refractivity contribution in [2.24, 2.45) is 0 Å². The minimum Gasteiger partial charge on any atom is -0.461 e. The number of nitrogen functional groups attached to an aromatic ring is 1. The molecule has 0 saturated carbocycles. The molecule has 0 saturated heterocycles. The van der Waals surface area contributed by atoms with Gasteiger partial charge in [-0.15, -0.1) is 0 Å². The van der Waals surface area contributed by atoms with E-state index in [0.29, 0.717) is 34.4 Å². The van der Waals surface area contributed by atoms with Crippen LogP contribution in [0.1, 0.15) is 51.8 Å². The Balaban J connectivity index is 2.09. The fourth-order valence-electron chi connectivity index (χ4n) is 2.57. The van der Waals surface area contributed by atoms with E-state index in [1.54, 1.807) is 12.3 Å². The van der Waals surface area contributed by atoms with Gasteiger partial charge in [-0.25, -0.2) is 15.0 Å². The summed E-state index contributed by atoms with van der Waals surface area (Å²) in [6.45, 7) is 5.12. The van der Waals surface area contributed by atoms with Crippen molar-refractivity contribution in [1.29, 1.82) is 0 Å². The van der Waals surface area contributed by atoms with Crippen LogP contribution in [0.2, 0.25) is 0 Å². The number of hydrogen-bond acceptors (Lipinski definition) is 5. The van der Waals surface area contributed by atoms with Crippen molar-refractivity contribution in [3.63, 3.8) is 0 Å². The van der Waals surface area contributed by atoms with E-state index < -0.39 is 0 Å². The number of hydrogen-bond donors (Lipinski definition) is 1. The number of unbranched alkanes of at least 4 members (excludes halogenated alkanes) is 3. The van der Waals surface area contributed by atoms with Gasteiger partial charge in [-0.3, -0.25) is 0 Å².